The van der Waals surface area contributed by atoms with E-state index in [-0.39, 0.29) is 55.4 Å². The quantitative estimate of drug-likeness (QED) is 0.0521. The van der Waals surface area contributed by atoms with Crippen LogP contribution in [-0.4, -0.2) is 154 Å². The summed E-state index contributed by atoms with van der Waals surface area (Å²) in [7, 11) is 1.64. The first-order chi connectivity index (χ1) is 27.1. The molecule has 0 fully saturated rings. The predicted octanol–water partition coefficient (Wildman–Crippen LogP) is 3.55. The number of carbonyl (C=O) groups is 4. The van der Waals surface area contributed by atoms with Gasteiger partial charge in [-0.2, -0.15) is 12.6 Å². The number of Topliss-reactive ketones (excluding diaryl/α,β-unsaturated/α-hetero) is 1. The molecule has 330 valence electrons. The Labute approximate surface area is 342 Å². The lowest BCUT2D eigenvalue weighted by Crippen LogP contribution is -2.48. The first kappa shape index (κ1) is 54.1. The van der Waals surface area contributed by atoms with Crippen LogP contribution in [0, 0.1) is 11.8 Å². The molecule has 0 radical (unpaired) electrons. The summed E-state index contributed by atoms with van der Waals surface area (Å²) in [5, 5.41) is 7.94. The Morgan fingerprint density at radius 3 is 1.46 bits per heavy atom. The second-order valence-electron chi connectivity index (χ2n) is 14.1. The van der Waals surface area contributed by atoms with E-state index in [9.17, 15) is 19.2 Å². The molecule has 0 aliphatic heterocycles. The van der Waals surface area contributed by atoms with Crippen molar-refractivity contribution in [3.63, 3.8) is 0 Å². The fourth-order valence-corrected chi connectivity index (χ4v) is 5.34. The molecule has 0 bridgehead atoms. The highest BCUT2D eigenvalue weighted by atomic mass is 32.1. The maximum absolute atomic E-state index is 12.8. The van der Waals surface area contributed by atoms with E-state index in [2.05, 4.69) is 42.4 Å². The van der Waals surface area contributed by atoms with Gasteiger partial charge in [0.05, 0.1) is 99.1 Å². The van der Waals surface area contributed by atoms with Crippen molar-refractivity contribution in [3.05, 3.63) is 0 Å². The number of thiol groups is 1. The molecular formula is C40H77N3O12S. The van der Waals surface area contributed by atoms with Crippen LogP contribution in [0.5, 0.6) is 0 Å². The van der Waals surface area contributed by atoms with Gasteiger partial charge in [-0.3, -0.25) is 19.2 Å². The highest BCUT2D eigenvalue weighted by Crippen LogP contribution is 2.13. The van der Waals surface area contributed by atoms with Gasteiger partial charge in [0.15, 0.2) is 0 Å². The normalized spacial score (nSPS) is 12.6. The number of carbonyl (C=O) groups excluding carboxylic acids is 4. The lowest BCUT2D eigenvalue weighted by molar-refractivity contribution is -0.124. The van der Waals surface area contributed by atoms with Gasteiger partial charge in [-0.25, -0.2) is 0 Å². The summed E-state index contributed by atoms with van der Waals surface area (Å²) in [4.78, 5) is 49.8. The van der Waals surface area contributed by atoms with Gasteiger partial charge in [0.1, 0.15) is 11.0 Å². The van der Waals surface area contributed by atoms with E-state index in [1.54, 1.807) is 7.11 Å². The zero-order chi connectivity index (χ0) is 41.5. The van der Waals surface area contributed by atoms with Gasteiger partial charge in [0.25, 0.3) is 0 Å². The molecule has 0 saturated carbocycles. The minimum atomic E-state index is -0.756. The molecule has 3 amide bonds. The number of nitrogens with one attached hydrogen (secondary N) is 3. The van der Waals surface area contributed by atoms with Crippen molar-refractivity contribution in [2.75, 3.05) is 119 Å². The molecular weight excluding hydrogens is 747 g/mol. The van der Waals surface area contributed by atoms with Crippen molar-refractivity contribution in [2.24, 2.45) is 11.8 Å². The van der Waals surface area contributed by atoms with Crippen LogP contribution in [-0.2, 0) is 57.1 Å². The lowest BCUT2D eigenvalue weighted by atomic mass is 10.0. The number of ether oxygens (including phenoxy) is 8. The van der Waals surface area contributed by atoms with Crippen molar-refractivity contribution < 1.29 is 57.1 Å². The Morgan fingerprint density at radius 1 is 0.500 bits per heavy atom. The largest absolute Gasteiger partial charge is 0.382 e. The van der Waals surface area contributed by atoms with Crippen LogP contribution in [0.3, 0.4) is 0 Å². The van der Waals surface area contributed by atoms with Gasteiger partial charge in [-0.15, -0.1) is 0 Å². The number of unbranched alkanes of at least 4 members (excludes halogenated alkanes) is 3. The molecule has 0 aromatic carbocycles. The molecule has 15 nitrogen and oxygen atoms in total. The van der Waals surface area contributed by atoms with Crippen molar-refractivity contribution in [3.8, 4) is 0 Å². The summed E-state index contributed by atoms with van der Waals surface area (Å²) in [6.07, 6.45) is 6.80. The van der Waals surface area contributed by atoms with Crippen LogP contribution in [0.4, 0.5) is 0 Å². The van der Waals surface area contributed by atoms with Gasteiger partial charge >= 0.3 is 0 Å². The molecule has 0 saturated heterocycles. The molecule has 0 heterocycles. The predicted molar refractivity (Wildman–Crippen MR) is 219 cm³/mol. The minimum Gasteiger partial charge on any atom is -0.382 e. The Morgan fingerprint density at radius 2 is 0.982 bits per heavy atom. The molecule has 16 heteroatoms. The first-order valence-electron chi connectivity index (χ1n) is 20.7. The van der Waals surface area contributed by atoms with Gasteiger partial charge in [0.2, 0.25) is 17.7 Å². The van der Waals surface area contributed by atoms with E-state index in [1.807, 2.05) is 13.8 Å². The molecule has 0 rings (SSSR count). The zero-order valence-corrected chi connectivity index (χ0v) is 36.1. The Hall–Kier alpha value is -1.89. The number of rotatable bonds is 42. The van der Waals surface area contributed by atoms with Crippen LogP contribution in [0.1, 0.15) is 91.9 Å². The number of methoxy groups -OCH3 is 1. The summed E-state index contributed by atoms with van der Waals surface area (Å²) < 4.78 is 43.0. The summed E-state index contributed by atoms with van der Waals surface area (Å²) in [6, 6.07) is -0.467. The zero-order valence-electron chi connectivity index (χ0n) is 35.2. The third kappa shape index (κ3) is 36.5. The Balaban J connectivity index is 3.96. The molecule has 56 heavy (non-hydrogen) atoms. The summed E-state index contributed by atoms with van der Waals surface area (Å²) >= 11 is 4.56. The minimum absolute atomic E-state index is 0.0793. The maximum atomic E-state index is 12.8. The molecule has 1 unspecified atom stereocenters. The fraction of sp³-hybridized carbons (Fsp3) is 0.900. The van der Waals surface area contributed by atoms with Gasteiger partial charge in [-0.05, 0) is 31.6 Å². The van der Waals surface area contributed by atoms with E-state index < -0.39 is 11.3 Å². The number of ketones is 1. The topological polar surface area (TPSA) is 178 Å². The molecule has 0 spiro atoms. The first-order valence-corrected chi connectivity index (χ1v) is 21.2. The third-order valence-electron chi connectivity index (χ3n) is 8.40. The highest BCUT2D eigenvalue weighted by Gasteiger charge is 2.26. The van der Waals surface area contributed by atoms with Crippen LogP contribution in [0.15, 0.2) is 0 Å². The standard InChI is InChI=1S/C40H77N3O12S/c1-33(2)11-7-6-8-13-38(46)43-35(39(56)40(47)42-17-14-36(44)34(3)4)12-9-10-16-41-37(45)15-18-49-21-22-51-25-26-53-29-30-55-32-31-54-28-27-52-24-23-50-20-19-48-5/h33-35,39,56H,6-32H2,1-5H3,(H,41,45)(H,42,47)(H,43,46)/t35-,39?/m0/s1. The Kier molecular flexibility index (Phi) is 38.6. The van der Waals surface area contributed by atoms with E-state index in [4.69, 9.17) is 37.9 Å². The average molecular weight is 824 g/mol. The van der Waals surface area contributed by atoms with Crippen LogP contribution in [0.2, 0.25) is 0 Å². The van der Waals surface area contributed by atoms with Crippen LogP contribution < -0.4 is 16.0 Å². The molecule has 3 N–H and O–H groups in total. The van der Waals surface area contributed by atoms with E-state index in [0.29, 0.717) is 131 Å². The molecule has 0 aliphatic carbocycles. The Bertz CT molecular complexity index is 964. The van der Waals surface area contributed by atoms with Gasteiger partial charge in [0, 0.05) is 51.4 Å². The van der Waals surface area contributed by atoms with E-state index in [0.717, 1.165) is 25.7 Å². The molecule has 0 aromatic heterocycles. The maximum Gasteiger partial charge on any atom is 0.234 e. The number of amides is 3. The monoisotopic (exact) mass is 824 g/mol. The second-order valence-corrected chi connectivity index (χ2v) is 14.7. The van der Waals surface area contributed by atoms with Crippen LogP contribution in [0.25, 0.3) is 0 Å². The van der Waals surface area contributed by atoms with Gasteiger partial charge in [-0.1, -0.05) is 47.0 Å². The molecule has 0 aliphatic rings. The summed E-state index contributed by atoms with van der Waals surface area (Å²) in [5.41, 5.74) is 0. The van der Waals surface area contributed by atoms with Crippen molar-refractivity contribution >= 4 is 36.1 Å². The van der Waals surface area contributed by atoms with Crippen molar-refractivity contribution in [1.82, 2.24) is 16.0 Å². The van der Waals surface area contributed by atoms with E-state index >= 15 is 0 Å². The third-order valence-corrected chi connectivity index (χ3v) is 8.99. The van der Waals surface area contributed by atoms with Crippen LogP contribution >= 0.6 is 12.6 Å². The van der Waals surface area contributed by atoms with E-state index in [1.165, 1.54) is 0 Å². The van der Waals surface area contributed by atoms with Crippen molar-refractivity contribution in [1.29, 1.82) is 0 Å². The summed E-state index contributed by atoms with van der Waals surface area (Å²) in [6.45, 7) is 15.8. The average Bonchev–Trinajstić information content (AvgIpc) is 3.16. The smallest absolute Gasteiger partial charge is 0.234 e. The van der Waals surface area contributed by atoms with Gasteiger partial charge < -0.3 is 53.8 Å². The molecule has 0 aromatic rings. The lowest BCUT2D eigenvalue weighted by Gasteiger charge is -2.24. The van der Waals surface area contributed by atoms with Crippen molar-refractivity contribution in [2.45, 2.75) is 103 Å². The second kappa shape index (κ2) is 39.9. The number of hydrogen-bond acceptors (Lipinski definition) is 13. The summed E-state index contributed by atoms with van der Waals surface area (Å²) in [5.74, 6) is 0.116. The molecule has 2 atom stereocenters. The fourth-order valence-electron chi connectivity index (χ4n) is 5.02. The number of hydrogen-bond donors (Lipinski definition) is 4. The SMILES string of the molecule is COCCOCCOCCOCCOCCOCCOCCOCCC(=O)NCCCC[C@H](NC(=O)CCCCCC(C)C)C(S)C(=O)NCCC(=O)C(C)C. The highest BCUT2D eigenvalue weighted by molar-refractivity contribution is 7.81.